The molecule has 0 aliphatic carbocycles. The van der Waals surface area contributed by atoms with Crippen LogP contribution in [-0.2, 0) is 6.18 Å². The largest absolute Gasteiger partial charge is 0.478 e. The third kappa shape index (κ3) is 4.36. The van der Waals surface area contributed by atoms with Crippen LogP contribution in [0.25, 0.3) is 0 Å². The highest BCUT2D eigenvalue weighted by Crippen LogP contribution is 2.30. The third-order valence-corrected chi connectivity index (χ3v) is 4.53. The zero-order valence-electron chi connectivity index (χ0n) is 14.7. The summed E-state index contributed by atoms with van der Waals surface area (Å²) >= 11 is 0. The molecule has 1 aliphatic rings. The van der Waals surface area contributed by atoms with E-state index in [1.165, 1.54) is 24.3 Å². The molecule has 2 aromatic rings. The summed E-state index contributed by atoms with van der Waals surface area (Å²) in [5.74, 6) is -1.14. The van der Waals surface area contributed by atoms with Gasteiger partial charge in [-0.1, -0.05) is 12.1 Å². The molecule has 1 aliphatic heterocycles. The number of piperazine rings is 1. The molecule has 0 atom stereocenters. The number of alkyl halides is 3. The van der Waals surface area contributed by atoms with E-state index in [-0.39, 0.29) is 11.3 Å². The van der Waals surface area contributed by atoms with Gasteiger partial charge in [-0.05, 0) is 36.4 Å². The second-order valence-corrected chi connectivity index (χ2v) is 6.30. The van der Waals surface area contributed by atoms with Crippen molar-refractivity contribution < 1.29 is 27.9 Å². The number of anilines is 2. The number of carbonyl (C=O) groups excluding carboxylic acids is 1. The molecular formula is C19H18F3N3O3. The monoisotopic (exact) mass is 393 g/mol. The molecule has 1 fully saturated rings. The lowest BCUT2D eigenvalue weighted by atomic mass is 10.1. The summed E-state index contributed by atoms with van der Waals surface area (Å²) in [7, 11) is 0. The Morgan fingerprint density at radius 1 is 0.929 bits per heavy atom. The van der Waals surface area contributed by atoms with E-state index in [1.807, 2.05) is 4.90 Å². The molecule has 28 heavy (non-hydrogen) atoms. The summed E-state index contributed by atoms with van der Waals surface area (Å²) in [4.78, 5) is 27.1. The van der Waals surface area contributed by atoms with Gasteiger partial charge in [-0.2, -0.15) is 13.2 Å². The second-order valence-electron chi connectivity index (χ2n) is 6.30. The van der Waals surface area contributed by atoms with Gasteiger partial charge in [-0.3, -0.25) is 0 Å². The van der Waals surface area contributed by atoms with Gasteiger partial charge in [-0.25, -0.2) is 9.59 Å². The molecule has 6 nitrogen and oxygen atoms in total. The number of aromatic carboxylic acids is 1. The van der Waals surface area contributed by atoms with Crippen LogP contribution in [0, 0.1) is 0 Å². The van der Waals surface area contributed by atoms with Gasteiger partial charge in [-0.15, -0.1) is 0 Å². The van der Waals surface area contributed by atoms with Crippen molar-refractivity contribution in [3.8, 4) is 0 Å². The number of amides is 2. The lowest BCUT2D eigenvalue weighted by Crippen LogP contribution is -2.50. The van der Waals surface area contributed by atoms with Crippen molar-refractivity contribution in [1.82, 2.24) is 4.90 Å². The Bertz CT molecular complexity index is 861. The molecule has 0 aromatic heterocycles. The molecule has 0 saturated carbocycles. The van der Waals surface area contributed by atoms with E-state index in [0.717, 1.165) is 12.1 Å². The van der Waals surface area contributed by atoms with Crippen LogP contribution in [-0.4, -0.2) is 48.2 Å². The van der Waals surface area contributed by atoms with Crippen molar-refractivity contribution in [2.45, 2.75) is 6.18 Å². The molecule has 9 heteroatoms. The van der Waals surface area contributed by atoms with Gasteiger partial charge in [0.15, 0.2) is 0 Å². The van der Waals surface area contributed by atoms with Crippen LogP contribution in [0.4, 0.5) is 29.3 Å². The van der Waals surface area contributed by atoms with Gasteiger partial charge in [0.1, 0.15) is 0 Å². The van der Waals surface area contributed by atoms with Gasteiger partial charge in [0.05, 0.1) is 16.8 Å². The Hall–Kier alpha value is -3.23. The van der Waals surface area contributed by atoms with E-state index < -0.39 is 23.7 Å². The van der Waals surface area contributed by atoms with E-state index in [9.17, 15) is 27.9 Å². The minimum atomic E-state index is -4.37. The summed E-state index contributed by atoms with van der Waals surface area (Å²) in [5.41, 5.74) is 0.167. The molecular weight excluding hydrogens is 375 g/mol. The first-order chi connectivity index (χ1) is 13.3. The van der Waals surface area contributed by atoms with Gasteiger partial charge in [0.25, 0.3) is 0 Å². The first-order valence-corrected chi connectivity index (χ1v) is 8.56. The lowest BCUT2D eigenvalue weighted by molar-refractivity contribution is -0.137. The molecule has 1 saturated heterocycles. The Morgan fingerprint density at radius 2 is 1.54 bits per heavy atom. The minimum Gasteiger partial charge on any atom is -0.478 e. The van der Waals surface area contributed by atoms with Gasteiger partial charge in [0.2, 0.25) is 0 Å². The number of nitrogens with one attached hydrogen (secondary N) is 1. The van der Waals surface area contributed by atoms with E-state index in [1.54, 1.807) is 17.0 Å². The number of carbonyl (C=O) groups is 2. The second kappa shape index (κ2) is 7.79. The molecule has 2 amide bonds. The fraction of sp³-hybridized carbons (Fsp3) is 0.263. The number of para-hydroxylation sites is 1. The van der Waals surface area contributed by atoms with Crippen molar-refractivity contribution in [3.05, 3.63) is 59.7 Å². The summed E-state index contributed by atoms with van der Waals surface area (Å²) < 4.78 is 38.0. The Labute approximate surface area is 159 Å². The van der Waals surface area contributed by atoms with E-state index in [4.69, 9.17) is 0 Å². The molecule has 2 N–H and O–H groups in total. The SMILES string of the molecule is O=C(O)c1ccccc1NC(=O)N1CCN(c2ccc(C(F)(F)F)cc2)CC1. The number of nitrogens with zero attached hydrogens (tertiary/aromatic N) is 2. The average molecular weight is 393 g/mol. The first-order valence-electron chi connectivity index (χ1n) is 8.56. The molecule has 0 radical (unpaired) electrons. The predicted octanol–water partition coefficient (Wildman–Crippen LogP) is 3.76. The molecule has 148 valence electrons. The van der Waals surface area contributed by atoms with Crippen LogP contribution in [0.3, 0.4) is 0 Å². The van der Waals surface area contributed by atoms with Crippen molar-refractivity contribution in [2.75, 3.05) is 36.4 Å². The van der Waals surface area contributed by atoms with Crippen molar-refractivity contribution in [2.24, 2.45) is 0 Å². The molecule has 0 unspecified atom stereocenters. The van der Waals surface area contributed by atoms with Crippen LogP contribution in [0.1, 0.15) is 15.9 Å². The topological polar surface area (TPSA) is 72.9 Å². The van der Waals surface area contributed by atoms with Crippen molar-refractivity contribution in [1.29, 1.82) is 0 Å². The van der Waals surface area contributed by atoms with Crippen LogP contribution in [0.2, 0.25) is 0 Å². The van der Waals surface area contributed by atoms with Crippen LogP contribution in [0.15, 0.2) is 48.5 Å². The molecule has 3 rings (SSSR count). The molecule has 2 aromatic carbocycles. The summed E-state index contributed by atoms with van der Waals surface area (Å²) in [6.07, 6.45) is -4.37. The highest BCUT2D eigenvalue weighted by atomic mass is 19.4. The number of carboxylic acid groups (broad SMARTS) is 1. The average Bonchev–Trinajstić information content (AvgIpc) is 2.68. The number of rotatable bonds is 3. The van der Waals surface area contributed by atoms with Crippen LogP contribution < -0.4 is 10.2 Å². The maximum absolute atomic E-state index is 12.7. The maximum Gasteiger partial charge on any atom is 0.416 e. The number of hydrogen-bond donors (Lipinski definition) is 2. The zero-order valence-corrected chi connectivity index (χ0v) is 14.7. The first kappa shape index (κ1) is 19.5. The number of benzene rings is 2. The van der Waals surface area contributed by atoms with E-state index in [0.29, 0.717) is 31.9 Å². The third-order valence-electron chi connectivity index (χ3n) is 4.53. The van der Waals surface area contributed by atoms with E-state index >= 15 is 0 Å². The highest BCUT2D eigenvalue weighted by Gasteiger charge is 2.30. The van der Waals surface area contributed by atoms with Gasteiger partial charge < -0.3 is 20.2 Å². The summed E-state index contributed by atoms with van der Waals surface area (Å²) in [5, 5.41) is 11.8. The number of carboxylic acids is 1. The van der Waals surface area contributed by atoms with Gasteiger partial charge in [0, 0.05) is 31.9 Å². The standard InChI is InChI=1S/C19H18F3N3O3/c20-19(21,22)13-5-7-14(8-6-13)24-9-11-25(12-10-24)18(28)23-16-4-2-1-3-15(16)17(26)27/h1-8H,9-12H2,(H,23,28)(H,26,27). The van der Waals surface area contributed by atoms with Crippen molar-refractivity contribution >= 4 is 23.4 Å². The predicted molar refractivity (Wildman–Crippen MR) is 97.7 cm³/mol. The highest BCUT2D eigenvalue weighted by molar-refractivity contribution is 6.00. The lowest BCUT2D eigenvalue weighted by Gasteiger charge is -2.36. The fourth-order valence-corrected chi connectivity index (χ4v) is 3.00. The van der Waals surface area contributed by atoms with Crippen LogP contribution in [0.5, 0.6) is 0 Å². The zero-order chi connectivity index (χ0) is 20.3. The number of hydrogen-bond acceptors (Lipinski definition) is 3. The number of halogens is 3. The van der Waals surface area contributed by atoms with Crippen molar-refractivity contribution in [3.63, 3.8) is 0 Å². The van der Waals surface area contributed by atoms with E-state index in [2.05, 4.69) is 5.32 Å². The number of urea groups is 1. The molecule has 1 heterocycles. The Kier molecular flexibility index (Phi) is 5.43. The summed E-state index contributed by atoms with van der Waals surface area (Å²) in [6, 6.07) is 10.6. The Morgan fingerprint density at radius 3 is 2.11 bits per heavy atom. The normalized spacial score (nSPS) is 14.7. The van der Waals surface area contributed by atoms with Gasteiger partial charge >= 0.3 is 18.2 Å². The smallest absolute Gasteiger partial charge is 0.416 e. The quantitative estimate of drug-likeness (QED) is 0.833. The molecule has 0 bridgehead atoms. The maximum atomic E-state index is 12.7. The summed E-state index contributed by atoms with van der Waals surface area (Å²) in [6.45, 7) is 1.64. The Balaban J connectivity index is 1.59. The molecule has 0 spiro atoms. The minimum absolute atomic E-state index is 0.000703. The fourth-order valence-electron chi connectivity index (χ4n) is 3.00. The van der Waals surface area contributed by atoms with Crippen LogP contribution >= 0.6 is 0 Å².